The number of amides is 2. The highest BCUT2D eigenvalue weighted by Gasteiger charge is 2.16. The summed E-state index contributed by atoms with van der Waals surface area (Å²) in [6.45, 7) is 0. The molecule has 0 saturated heterocycles. The molecule has 0 aliphatic carbocycles. The molecule has 0 bridgehead atoms. The number of fused-ring (bicyclic) bond motifs is 1. The Morgan fingerprint density at radius 2 is 1.47 bits per heavy atom. The lowest BCUT2D eigenvalue weighted by molar-refractivity contribution is -0.113. The van der Waals surface area contributed by atoms with E-state index in [-0.39, 0.29) is 11.6 Å². The zero-order chi connectivity index (χ0) is 29.4. The third kappa shape index (κ3) is 6.69. The molecule has 0 aliphatic heterocycles. The van der Waals surface area contributed by atoms with Crippen molar-refractivity contribution >= 4 is 46.1 Å². The van der Waals surface area contributed by atoms with Gasteiger partial charge in [0.05, 0.1) is 11.4 Å². The summed E-state index contributed by atoms with van der Waals surface area (Å²) < 4.78 is 1.72. The number of carbonyl (C=O) groups excluding carboxylic acids is 2. The van der Waals surface area contributed by atoms with Gasteiger partial charge in [-0.15, -0.1) is 16.9 Å². The molecule has 8 nitrogen and oxygen atoms in total. The highest BCUT2D eigenvalue weighted by atomic mass is 32.2. The smallest absolute Gasteiger partial charge is 0.272 e. The molecule has 0 spiro atoms. The Kier molecular flexibility index (Phi) is 8.33. The highest BCUT2D eigenvalue weighted by molar-refractivity contribution is 7.98. The van der Waals surface area contributed by atoms with Crippen LogP contribution in [0, 0.1) is 0 Å². The van der Waals surface area contributed by atoms with E-state index in [4.69, 9.17) is 0 Å². The van der Waals surface area contributed by atoms with Crippen LogP contribution in [0.5, 0.6) is 0 Å². The summed E-state index contributed by atoms with van der Waals surface area (Å²) >= 11 is 1.59. The molecule has 5 aromatic carbocycles. The van der Waals surface area contributed by atoms with Gasteiger partial charge >= 0.3 is 0 Å². The quantitative estimate of drug-likeness (QED) is 0.149. The fraction of sp³-hybridized carbons (Fsp3) is 0.0294. The van der Waals surface area contributed by atoms with E-state index >= 15 is 0 Å². The van der Waals surface area contributed by atoms with Crippen molar-refractivity contribution in [1.29, 1.82) is 0 Å². The van der Waals surface area contributed by atoms with Crippen LogP contribution in [-0.4, -0.2) is 32.0 Å². The van der Waals surface area contributed by atoms with Crippen molar-refractivity contribution in [3.8, 4) is 5.69 Å². The van der Waals surface area contributed by atoms with E-state index in [2.05, 4.69) is 26.2 Å². The minimum absolute atomic E-state index is 0.136. The van der Waals surface area contributed by atoms with Crippen LogP contribution in [0.15, 0.2) is 138 Å². The zero-order valence-electron chi connectivity index (χ0n) is 22.9. The first-order valence-electron chi connectivity index (χ1n) is 13.6. The number of carbonyl (C=O) groups is 2. The molecule has 0 aliphatic rings. The van der Waals surface area contributed by atoms with Crippen molar-refractivity contribution in [2.45, 2.75) is 10.6 Å². The third-order valence-electron chi connectivity index (χ3n) is 6.67. The Morgan fingerprint density at radius 1 is 0.767 bits per heavy atom. The van der Waals surface area contributed by atoms with E-state index < -0.39 is 5.91 Å². The normalized spacial score (nSPS) is 11.3. The van der Waals surface area contributed by atoms with E-state index in [1.807, 2.05) is 103 Å². The molecule has 0 fully saturated rings. The standard InChI is InChI=1S/C34H26N6O2S/c41-33(25-11-3-1-4-12-25)36-31(22-26-14-9-13-24-10-7-8-17-30(24)26)34(42)35-27-18-20-29(21-19-27)43-23-32-37-38-39-40(32)28-15-5-2-6-16-28/h1-22H,23H2,(H,35,42)(H,36,41)/b31-22-. The van der Waals surface area contributed by atoms with Gasteiger partial charge in [-0.25, -0.2) is 0 Å². The SMILES string of the molecule is O=C(Nc1ccc(SCc2nnnn2-c2ccccc2)cc1)/C(=C/c1cccc2ccccc12)NC(=O)c1ccccc1. The molecule has 6 aromatic rings. The Hall–Kier alpha value is -5.54. The maximum atomic E-state index is 13.5. The summed E-state index contributed by atoms with van der Waals surface area (Å²) in [6.07, 6.45) is 1.71. The minimum atomic E-state index is -0.431. The second kappa shape index (κ2) is 13.0. The van der Waals surface area contributed by atoms with Gasteiger partial charge in [0, 0.05) is 16.1 Å². The minimum Gasteiger partial charge on any atom is -0.321 e. The second-order valence-electron chi connectivity index (χ2n) is 9.56. The van der Waals surface area contributed by atoms with Crippen LogP contribution in [0.3, 0.4) is 0 Å². The van der Waals surface area contributed by atoms with Gasteiger partial charge in [-0.3, -0.25) is 9.59 Å². The van der Waals surface area contributed by atoms with Gasteiger partial charge in [-0.1, -0.05) is 78.9 Å². The molecule has 0 radical (unpaired) electrons. The predicted molar refractivity (Wildman–Crippen MR) is 170 cm³/mol. The predicted octanol–water partition coefficient (Wildman–Crippen LogP) is 6.52. The van der Waals surface area contributed by atoms with Gasteiger partial charge in [-0.2, -0.15) is 4.68 Å². The number of rotatable bonds is 9. The molecule has 9 heteroatoms. The molecular formula is C34H26N6O2S. The first-order chi connectivity index (χ1) is 21.1. The Labute approximate surface area is 252 Å². The second-order valence-corrected chi connectivity index (χ2v) is 10.6. The van der Waals surface area contributed by atoms with Crippen molar-refractivity contribution in [2.24, 2.45) is 0 Å². The lowest BCUT2D eigenvalue weighted by atomic mass is 10.0. The summed E-state index contributed by atoms with van der Waals surface area (Å²) in [7, 11) is 0. The monoisotopic (exact) mass is 582 g/mol. The van der Waals surface area contributed by atoms with Crippen molar-refractivity contribution in [2.75, 3.05) is 5.32 Å². The molecular weight excluding hydrogens is 556 g/mol. The average Bonchev–Trinajstić information content (AvgIpc) is 3.54. The first-order valence-corrected chi connectivity index (χ1v) is 14.6. The molecule has 1 aromatic heterocycles. The molecule has 43 heavy (non-hydrogen) atoms. The van der Waals surface area contributed by atoms with Crippen LogP contribution < -0.4 is 10.6 Å². The van der Waals surface area contributed by atoms with Crippen LogP contribution in [0.2, 0.25) is 0 Å². The summed E-state index contributed by atoms with van der Waals surface area (Å²) in [4.78, 5) is 27.6. The molecule has 0 saturated carbocycles. The molecule has 2 N–H and O–H groups in total. The number of nitrogens with zero attached hydrogens (tertiary/aromatic N) is 4. The van der Waals surface area contributed by atoms with Crippen LogP contribution >= 0.6 is 11.8 Å². The van der Waals surface area contributed by atoms with Gasteiger partial charge < -0.3 is 10.6 Å². The van der Waals surface area contributed by atoms with Gasteiger partial charge in [0.1, 0.15) is 5.70 Å². The van der Waals surface area contributed by atoms with E-state index in [1.165, 1.54) is 0 Å². The van der Waals surface area contributed by atoms with E-state index in [0.29, 0.717) is 17.0 Å². The van der Waals surface area contributed by atoms with Crippen LogP contribution in [0.1, 0.15) is 21.7 Å². The number of benzene rings is 5. The van der Waals surface area contributed by atoms with Crippen LogP contribution in [0.25, 0.3) is 22.5 Å². The molecule has 2 amide bonds. The summed E-state index contributed by atoms with van der Waals surface area (Å²) in [5.74, 6) is 0.495. The fourth-order valence-electron chi connectivity index (χ4n) is 4.52. The Morgan fingerprint density at radius 3 is 2.26 bits per heavy atom. The number of anilines is 1. The van der Waals surface area contributed by atoms with Gasteiger partial charge in [0.2, 0.25) is 0 Å². The van der Waals surface area contributed by atoms with Gasteiger partial charge in [-0.05, 0) is 81.4 Å². The topological polar surface area (TPSA) is 102 Å². The average molecular weight is 583 g/mol. The van der Waals surface area contributed by atoms with Crippen molar-refractivity contribution in [3.05, 3.63) is 150 Å². The van der Waals surface area contributed by atoms with E-state index in [0.717, 1.165) is 32.7 Å². The van der Waals surface area contributed by atoms with Crippen molar-refractivity contribution < 1.29 is 9.59 Å². The number of tetrazole rings is 1. The molecule has 0 atom stereocenters. The maximum Gasteiger partial charge on any atom is 0.272 e. The van der Waals surface area contributed by atoms with Crippen molar-refractivity contribution in [3.63, 3.8) is 0 Å². The third-order valence-corrected chi connectivity index (χ3v) is 7.68. The summed E-state index contributed by atoms with van der Waals surface area (Å²) in [6, 6.07) is 39.8. The lowest BCUT2D eigenvalue weighted by Crippen LogP contribution is -2.30. The number of hydrogen-bond acceptors (Lipinski definition) is 6. The highest BCUT2D eigenvalue weighted by Crippen LogP contribution is 2.25. The fourth-order valence-corrected chi connectivity index (χ4v) is 5.32. The lowest BCUT2D eigenvalue weighted by Gasteiger charge is -2.12. The van der Waals surface area contributed by atoms with Crippen LogP contribution in [-0.2, 0) is 10.5 Å². The Bertz CT molecular complexity index is 1900. The molecule has 6 rings (SSSR count). The molecule has 0 unspecified atom stereocenters. The first kappa shape index (κ1) is 27.6. The van der Waals surface area contributed by atoms with Crippen LogP contribution in [0.4, 0.5) is 5.69 Å². The number of para-hydroxylation sites is 1. The number of hydrogen-bond donors (Lipinski definition) is 2. The summed E-state index contributed by atoms with van der Waals surface area (Å²) in [5, 5.41) is 19.9. The largest absolute Gasteiger partial charge is 0.321 e. The van der Waals surface area contributed by atoms with Gasteiger partial charge in [0.15, 0.2) is 5.82 Å². The maximum absolute atomic E-state index is 13.5. The number of thioether (sulfide) groups is 1. The molecule has 210 valence electrons. The zero-order valence-corrected chi connectivity index (χ0v) is 23.7. The van der Waals surface area contributed by atoms with Crippen molar-refractivity contribution in [1.82, 2.24) is 25.5 Å². The number of aromatic nitrogens is 4. The van der Waals surface area contributed by atoms with E-state index in [9.17, 15) is 9.59 Å². The van der Waals surface area contributed by atoms with Gasteiger partial charge in [0.25, 0.3) is 11.8 Å². The molecule has 1 heterocycles. The summed E-state index contributed by atoms with van der Waals surface area (Å²) in [5.41, 5.74) is 2.91. The number of nitrogens with one attached hydrogen (secondary N) is 2. The van der Waals surface area contributed by atoms with E-state index in [1.54, 1.807) is 46.8 Å². The Balaban J connectivity index is 1.19.